The molecule has 0 spiro atoms. The van der Waals surface area contributed by atoms with Gasteiger partial charge in [-0.05, 0) is 31.2 Å². The van der Waals surface area contributed by atoms with Gasteiger partial charge in [-0.2, -0.15) is 15.6 Å². The zero-order chi connectivity index (χ0) is 16.4. The van der Waals surface area contributed by atoms with Gasteiger partial charge in [0.15, 0.2) is 0 Å². The van der Waals surface area contributed by atoms with Crippen LogP contribution in [-0.2, 0) is 0 Å². The molecule has 1 atom stereocenters. The quantitative estimate of drug-likeness (QED) is 0.766. The Morgan fingerprint density at radius 3 is 2.83 bits per heavy atom. The molecule has 23 heavy (non-hydrogen) atoms. The van der Waals surface area contributed by atoms with Gasteiger partial charge in [0.05, 0.1) is 52.3 Å². The minimum absolute atomic E-state index is 0.368. The van der Waals surface area contributed by atoms with Crippen LogP contribution in [0.25, 0.3) is 16.9 Å². The van der Waals surface area contributed by atoms with Crippen molar-refractivity contribution in [1.82, 2.24) is 14.6 Å². The monoisotopic (exact) mass is 303 g/mol. The summed E-state index contributed by atoms with van der Waals surface area (Å²) >= 11 is 0. The minimum atomic E-state index is -0.368. The van der Waals surface area contributed by atoms with Crippen molar-refractivity contribution in [1.29, 1.82) is 10.5 Å². The number of hydrogen-bond donors (Lipinski definition) is 2. The molecule has 0 bridgehead atoms. The lowest BCUT2D eigenvalue weighted by Gasteiger charge is -2.12. The van der Waals surface area contributed by atoms with Crippen LogP contribution in [0.5, 0.6) is 0 Å². The number of nitrogens with zero attached hydrogens (tertiary/aromatic N) is 5. The molecular formula is C16H13N7. The van der Waals surface area contributed by atoms with Gasteiger partial charge in [-0.25, -0.2) is 4.52 Å². The van der Waals surface area contributed by atoms with Gasteiger partial charge in [0.1, 0.15) is 12.1 Å². The summed E-state index contributed by atoms with van der Waals surface area (Å²) in [7, 11) is 0. The highest BCUT2D eigenvalue weighted by Gasteiger charge is 2.11. The van der Waals surface area contributed by atoms with Crippen molar-refractivity contribution in [2.24, 2.45) is 0 Å². The number of rotatable bonds is 3. The van der Waals surface area contributed by atoms with E-state index < -0.39 is 0 Å². The molecule has 3 N–H and O–H groups in total. The summed E-state index contributed by atoms with van der Waals surface area (Å²) in [5, 5.41) is 25.2. The SMILES string of the molecule is C[C@H](C#N)Nc1cc(-c2ccc3cc(C#N)cnn23)ncc1N. The highest BCUT2D eigenvalue weighted by atomic mass is 15.2. The van der Waals surface area contributed by atoms with E-state index in [4.69, 9.17) is 16.3 Å². The number of nitriles is 2. The standard InChI is InChI=1S/C16H13N7/c1-10(6-17)22-14-5-15(20-9-13(14)19)16-3-2-12-4-11(7-18)8-21-23(12)16/h2-5,8-10H,19H2,1H3,(H,20,22)/t10-/m1/s1. The van der Waals surface area contributed by atoms with Gasteiger partial charge in [0, 0.05) is 0 Å². The van der Waals surface area contributed by atoms with Crippen molar-refractivity contribution in [3.05, 3.63) is 42.2 Å². The van der Waals surface area contributed by atoms with Crippen LogP contribution in [0.15, 0.2) is 36.7 Å². The summed E-state index contributed by atoms with van der Waals surface area (Å²) in [4.78, 5) is 4.33. The zero-order valence-electron chi connectivity index (χ0n) is 12.4. The average Bonchev–Trinajstić information content (AvgIpc) is 2.99. The number of nitrogen functional groups attached to an aromatic ring is 1. The van der Waals surface area contributed by atoms with Crippen LogP contribution in [0.1, 0.15) is 12.5 Å². The molecular weight excluding hydrogens is 290 g/mol. The smallest absolute Gasteiger partial charge is 0.111 e. The zero-order valence-corrected chi connectivity index (χ0v) is 12.4. The molecule has 112 valence electrons. The molecule has 0 saturated heterocycles. The van der Waals surface area contributed by atoms with E-state index in [1.807, 2.05) is 12.1 Å². The number of nitrogens with one attached hydrogen (secondary N) is 1. The van der Waals surface area contributed by atoms with Crippen molar-refractivity contribution in [3.8, 4) is 23.5 Å². The molecule has 0 unspecified atom stereocenters. The van der Waals surface area contributed by atoms with Gasteiger partial charge in [0.25, 0.3) is 0 Å². The second-order valence-corrected chi connectivity index (χ2v) is 5.06. The molecule has 0 amide bonds. The van der Waals surface area contributed by atoms with Gasteiger partial charge >= 0.3 is 0 Å². The summed E-state index contributed by atoms with van der Waals surface area (Å²) in [6.07, 6.45) is 3.05. The fourth-order valence-electron chi connectivity index (χ4n) is 2.25. The van der Waals surface area contributed by atoms with Crippen molar-refractivity contribution in [3.63, 3.8) is 0 Å². The molecule has 3 rings (SSSR count). The maximum Gasteiger partial charge on any atom is 0.111 e. The normalized spacial score (nSPS) is 11.6. The highest BCUT2D eigenvalue weighted by molar-refractivity contribution is 5.74. The molecule has 0 saturated carbocycles. The van der Waals surface area contributed by atoms with Crippen LogP contribution in [-0.4, -0.2) is 20.6 Å². The number of anilines is 2. The fraction of sp³-hybridized carbons (Fsp3) is 0.125. The van der Waals surface area contributed by atoms with E-state index in [0.717, 1.165) is 11.2 Å². The lowest BCUT2D eigenvalue weighted by molar-refractivity contribution is 0.939. The Bertz CT molecular complexity index is 959. The van der Waals surface area contributed by atoms with Crippen LogP contribution in [0.4, 0.5) is 11.4 Å². The Hall–Kier alpha value is -3.58. The number of aromatic nitrogens is 3. The van der Waals surface area contributed by atoms with Crippen LogP contribution in [0.3, 0.4) is 0 Å². The Labute approximate surface area is 132 Å². The van der Waals surface area contributed by atoms with E-state index in [9.17, 15) is 0 Å². The fourth-order valence-corrected chi connectivity index (χ4v) is 2.25. The Morgan fingerprint density at radius 1 is 1.26 bits per heavy atom. The second kappa shape index (κ2) is 5.66. The Kier molecular flexibility index (Phi) is 3.54. The third-order valence-electron chi connectivity index (χ3n) is 3.39. The molecule has 0 radical (unpaired) electrons. The highest BCUT2D eigenvalue weighted by Crippen LogP contribution is 2.26. The van der Waals surface area contributed by atoms with E-state index >= 15 is 0 Å². The molecule has 0 fully saturated rings. The van der Waals surface area contributed by atoms with Crippen molar-refractivity contribution in [2.45, 2.75) is 13.0 Å². The number of nitrogens with two attached hydrogens (primary N) is 1. The first-order chi connectivity index (χ1) is 11.1. The number of pyridine rings is 1. The van der Waals surface area contributed by atoms with E-state index in [2.05, 4.69) is 27.5 Å². The molecule has 7 heteroatoms. The summed E-state index contributed by atoms with van der Waals surface area (Å²) < 4.78 is 1.71. The lowest BCUT2D eigenvalue weighted by Crippen LogP contribution is -2.13. The average molecular weight is 303 g/mol. The lowest BCUT2D eigenvalue weighted by atomic mass is 10.2. The van der Waals surface area contributed by atoms with Crippen LogP contribution in [0, 0.1) is 22.7 Å². The third-order valence-corrected chi connectivity index (χ3v) is 3.39. The minimum Gasteiger partial charge on any atom is -0.396 e. The van der Waals surface area contributed by atoms with Crippen molar-refractivity contribution < 1.29 is 0 Å². The Morgan fingerprint density at radius 2 is 2.09 bits per heavy atom. The van der Waals surface area contributed by atoms with Crippen molar-refractivity contribution in [2.75, 3.05) is 11.1 Å². The van der Waals surface area contributed by atoms with E-state index in [1.165, 1.54) is 6.20 Å². The first-order valence-electron chi connectivity index (χ1n) is 6.92. The molecule has 3 heterocycles. The first kappa shape index (κ1) is 14.4. The van der Waals surface area contributed by atoms with Crippen LogP contribution in [0.2, 0.25) is 0 Å². The van der Waals surface area contributed by atoms with Gasteiger partial charge < -0.3 is 11.1 Å². The van der Waals surface area contributed by atoms with Gasteiger partial charge in [0.2, 0.25) is 0 Å². The summed E-state index contributed by atoms with van der Waals surface area (Å²) in [6, 6.07) is 11.1. The first-order valence-corrected chi connectivity index (χ1v) is 6.92. The van der Waals surface area contributed by atoms with Crippen LogP contribution >= 0.6 is 0 Å². The second-order valence-electron chi connectivity index (χ2n) is 5.06. The van der Waals surface area contributed by atoms with Crippen molar-refractivity contribution >= 4 is 16.9 Å². The summed E-state index contributed by atoms with van der Waals surface area (Å²) in [5.74, 6) is 0. The van der Waals surface area contributed by atoms with Gasteiger partial charge in [-0.15, -0.1) is 0 Å². The van der Waals surface area contributed by atoms with Crippen LogP contribution < -0.4 is 11.1 Å². The summed E-state index contributed by atoms with van der Waals surface area (Å²) in [6.45, 7) is 1.75. The molecule has 0 aromatic carbocycles. The van der Waals surface area contributed by atoms with E-state index in [0.29, 0.717) is 22.6 Å². The topological polar surface area (TPSA) is 116 Å². The molecule has 3 aromatic heterocycles. The predicted molar refractivity (Wildman–Crippen MR) is 86.2 cm³/mol. The molecule has 0 aliphatic rings. The van der Waals surface area contributed by atoms with Gasteiger partial charge in [-0.3, -0.25) is 4.98 Å². The number of fused-ring (bicyclic) bond motifs is 1. The third kappa shape index (κ3) is 2.63. The molecule has 0 aliphatic heterocycles. The van der Waals surface area contributed by atoms with Gasteiger partial charge in [-0.1, -0.05) is 0 Å². The molecule has 7 nitrogen and oxygen atoms in total. The Balaban J connectivity index is 2.07. The molecule has 0 aliphatic carbocycles. The van der Waals surface area contributed by atoms with E-state index in [-0.39, 0.29) is 6.04 Å². The summed E-state index contributed by atoms with van der Waals surface area (Å²) in [5.41, 5.74) is 9.77. The predicted octanol–water partition coefficient (Wildman–Crippen LogP) is 2.17. The maximum atomic E-state index is 8.93. The molecule has 3 aromatic rings. The largest absolute Gasteiger partial charge is 0.396 e. The number of hydrogen-bond acceptors (Lipinski definition) is 6. The maximum absolute atomic E-state index is 8.93. The van der Waals surface area contributed by atoms with E-state index in [1.54, 1.807) is 29.8 Å².